The van der Waals surface area contributed by atoms with Crippen LogP contribution in [0.1, 0.15) is 48.9 Å². The van der Waals surface area contributed by atoms with Gasteiger partial charge in [-0.2, -0.15) is 0 Å². The Kier molecular flexibility index (Phi) is 4.27. The fraction of sp³-hybridized carbons (Fsp3) is 0.625. The summed E-state index contributed by atoms with van der Waals surface area (Å²) in [5.74, 6) is 0.0531. The maximum atomic E-state index is 12.7. The summed E-state index contributed by atoms with van der Waals surface area (Å²) in [4.78, 5) is 26.9. The molecule has 0 aromatic carbocycles. The summed E-state index contributed by atoms with van der Waals surface area (Å²) in [5.41, 5.74) is 0.582. The van der Waals surface area contributed by atoms with Crippen LogP contribution in [0.2, 0.25) is 0 Å². The molecule has 5 heteroatoms. The molecular weight excluding hydrogens is 268 g/mol. The van der Waals surface area contributed by atoms with Crippen LogP contribution in [0.15, 0.2) is 23.0 Å². The summed E-state index contributed by atoms with van der Waals surface area (Å²) in [6, 6.07) is 1.73. The topological polar surface area (TPSA) is 62.6 Å². The van der Waals surface area contributed by atoms with Gasteiger partial charge in [0.25, 0.3) is 5.91 Å². The van der Waals surface area contributed by atoms with E-state index in [0.717, 1.165) is 51.6 Å². The molecule has 1 aromatic heterocycles. The first-order valence-electron chi connectivity index (χ1n) is 7.88. The zero-order valence-electron chi connectivity index (χ0n) is 12.2. The minimum atomic E-state index is -0.0565. The SMILES string of the molecule is O=C1NCCCCCN(C(=O)c2ccoc2)[C@H]2CCC[C@@H]12. The molecule has 0 bridgehead atoms. The van der Waals surface area contributed by atoms with Gasteiger partial charge in [-0.25, -0.2) is 0 Å². The van der Waals surface area contributed by atoms with Crippen LogP contribution in [0.25, 0.3) is 0 Å². The van der Waals surface area contributed by atoms with Gasteiger partial charge in [0.15, 0.2) is 0 Å². The zero-order valence-corrected chi connectivity index (χ0v) is 12.2. The molecule has 0 unspecified atom stereocenters. The number of amides is 2. The van der Waals surface area contributed by atoms with E-state index in [0.29, 0.717) is 5.56 Å². The number of carbonyl (C=O) groups is 2. The summed E-state index contributed by atoms with van der Waals surface area (Å²) in [7, 11) is 0. The number of fused-ring (bicyclic) bond motifs is 1. The predicted octanol–water partition coefficient (Wildman–Crippen LogP) is 2.19. The van der Waals surface area contributed by atoms with Gasteiger partial charge in [-0.05, 0) is 38.2 Å². The van der Waals surface area contributed by atoms with Crippen LogP contribution in [0.5, 0.6) is 0 Å². The molecule has 2 heterocycles. The van der Waals surface area contributed by atoms with Crippen molar-refractivity contribution >= 4 is 11.8 Å². The number of nitrogens with one attached hydrogen (secondary N) is 1. The molecule has 2 atom stereocenters. The van der Waals surface area contributed by atoms with Crippen LogP contribution < -0.4 is 5.32 Å². The van der Waals surface area contributed by atoms with Crippen molar-refractivity contribution in [1.82, 2.24) is 10.2 Å². The van der Waals surface area contributed by atoms with E-state index in [2.05, 4.69) is 5.32 Å². The highest BCUT2D eigenvalue weighted by Crippen LogP contribution is 2.32. The smallest absolute Gasteiger partial charge is 0.257 e. The molecule has 1 N–H and O–H groups in total. The van der Waals surface area contributed by atoms with Gasteiger partial charge in [-0.3, -0.25) is 9.59 Å². The number of rotatable bonds is 1. The standard InChI is InChI=1S/C16H22N2O3/c19-15-13-5-4-6-14(13)18(9-3-1-2-8-17-15)16(20)12-7-10-21-11-12/h7,10-11,13-14H,1-6,8-9H2,(H,17,19)/t13-,14+/m1/s1. The minimum absolute atomic E-state index is 0.00553. The molecule has 5 nitrogen and oxygen atoms in total. The summed E-state index contributed by atoms with van der Waals surface area (Å²) >= 11 is 0. The quantitative estimate of drug-likeness (QED) is 0.862. The van der Waals surface area contributed by atoms with Gasteiger partial charge in [0, 0.05) is 19.1 Å². The van der Waals surface area contributed by atoms with E-state index in [9.17, 15) is 9.59 Å². The van der Waals surface area contributed by atoms with Crippen molar-refractivity contribution in [2.24, 2.45) is 5.92 Å². The van der Waals surface area contributed by atoms with Gasteiger partial charge < -0.3 is 14.6 Å². The summed E-state index contributed by atoms with van der Waals surface area (Å²) in [6.07, 6.45) is 8.83. The van der Waals surface area contributed by atoms with Gasteiger partial charge in [-0.1, -0.05) is 6.42 Å². The van der Waals surface area contributed by atoms with E-state index in [-0.39, 0.29) is 23.8 Å². The van der Waals surface area contributed by atoms with E-state index < -0.39 is 0 Å². The molecule has 3 rings (SSSR count). The summed E-state index contributed by atoms with van der Waals surface area (Å²) < 4.78 is 5.03. The third-order valence-electron chi connectivity index (χ3n) is 4.62. The number of hydrogen-bond acceptors (Lipinski definition) is 3. The molecule has 2 amide bonds. The molecular formula is C16H22N2O3. The highest BCUT2D eigenvalue weighted by atomic mass is 16.3. The Balaban J connectivity index is 1.83. The van der Waals surface area contributed by atoms with E-state index in [1.807, 2.05) is 4.90 Å². The Hall–Kier alpha value is -1.78. The lowest BCUT2D eigenvalue weighted by molar-refractivity contribution is -0.126. The molecule has 0 radical (unpaired) electrons. The number of furan rings is 1. The van der Waals surface area contributed by atoms with E-state index in [1.165, 1.54) is 12.5 Å². The van der Waals surface area contributed by atoms with Gasteiger partial charge in [0.2, 0.25) is 5.91 Å². The third kappa shape index (κ3) is 2.96. The Morgan fingerprint density at radius 2 is 2.14 bits per heavy atom. The number of nitrogens with zero attached hydrogens (tertiary/aromatic N) is 1. The van der Waals surface area contributed by atoms with Crippen LogP contribution in [0.4, 0.5) is 0 Å². The van der Waals surface area contributed by atoms with Gasteiger partial charge in [0.1, 0.15) is 6.26 Å². The molecule has 1 aliphatic carbocycles. The third-order valence-corrected chi connectivity index (χ3v) is 4.62. The van der Waals surface area contributed by atoms with Crippen LogP contribution in [-0.4, -0.2) is 35.8 Å². The molecule has 2 aliphatic rings. The second kappa shape index (κ2) is 6.33. The van der Waals surface area contributed by atoms with Crippen molar-refractivity contribution in [1.29, 1.82) is 0 Å². The highest BCUT2D eigenvalue weighted by molar-refractivity contribution is 5.94. The fourth-order valence-corrected chi connectivity index (χ4v) is 3.52. The average Bonchev–Trinajstić information content (AvgIpc) is 3.16. The second-order valence-corrected chi connectivity index (χ2v) is 5.97. The van der Waals surface area contributed by atoms with E-state index >= 15 is 0 Å². The lowest BCUT2D eigenvalue weighted by atomic mass is 9.98. The fourth-order valence-electron chi connectivity index (χ4n) is 3.52. The molecule has 1 aliphatic heterocycles. The van der Waals surface area contributed by atoms with Crippen LogP contribution in [0.3, 0.4) is 0 Å². The molecule has 1 saturated heterocycles. The monoisotopic (exact) mass is 290 g/mol. The number of carbonyl (C=O) groups excluding carboxylic acids is 2. The minimum Gasteiger partial charge on any atom is -0.472 e. The maximum Gasteiger partial charge on any atom is 0.257 e. The molecule has 114 valence electrons. The normalized spacial score (nSPS) is 27.0. The Labute approximate surface area is 124 Å². The number of hydrogen-bond donors (Lipinski definition) is 1. The van der Waals surface area contributed by atoms with Gasteiger partial charge >= 0.3 is 0 Å². The van der Waals surface area contributed by atoms with E-state index in [1.54, 1.807) is 6.07 Å². The second-order valence-electron chi connectivity index (χ2n) is 5.97. The first kappa shape index (κ1) is 14.2. The molecule has 1 aromatic rings. The first-order valence-corrected chi connectivity index (χ1v) is 7.88. The largest absolute Gasteiger partial charge is 0.472 e. The van der Waals surface area contributed by atoms with Crippen LogP contribution >= 0.6 is 0 Å². The van der Waals surface area contributed by atoms with Crippen LogP contribution in [0, 0.1) is 5.92 Å². The Morgan fingerprint density at radius 1 is 1.24 bits per heavy atom. The lowest BCUT2D eigenvalue weighted by Crippen LogP contribution is -2.48. The highest BCUT2D eigenvalue weighted by Gasteiger charge is 2.39. The van der Waals surface area contributed by atoms with Crippen molar-refractivity contribution in [2.45, 2.75) is 44.6 Å². The molecule has 0 spiro atoms. The Bertz CT molecular complexity index is 498. The zero-order chi connectivity index (χ0) is 14.7. The van der Waals surface area contributed by atoms with Crippen molar-refractivity contribution in [2.75, 3.05) is 13.1 Å². The lowest BCUT2D eigenvalue weighted by Gasteiger charge is -2.33. The molecule has 21 heavy (non-hydrogen) atoms. The first-order chi connectivity index (χ1) is 10.3. The van der Waals surface area contributed by atoms with Crippen molar-refractivity contribution in [3.05, 3.63) is 24.2 Å². The Morgan fingerprint density at radius 3 is 2.95 bits per heavy atom. The van der Waals surface area contributed by atoms with E-state index in [4.69, 9.17) is 4.42 Å². The predicted molar refractivity (Wildman–Crippen MR) is 77.7 cm³/mol. The van der Waals surface area contributed by atoms with Crippen molar-refractivity contribution in [3.63, 3.8) is 0 Å². The van der Waals surface area contributed by atoms with Crippen molar-refractivity contribution in [3.8, 4) is 0 Å². The van der Waals surface area contributed by atoms with Gasteiger partial charge in [-0.15, -0.1) is 0 Å². The molecule has 2 fully saturated rings. The summed E-state index contributed by atoms with van der Waals surface area (Å²) in [6.45, 7) is 1.50. The maximum absolute atomic E-state index is 12.7. The van der Waals surface area contributed by atoms with Crippen molar-refractivity contribution < 1.29 is 14.0 Å². The molecule has 1 saturated carbocycles. The summed E-state index contributed by atoms with van der Waals surface area (Å²) in [5, 5.41) is 3.02. The van der Waals surface area contributed by atoms with Gasteiger partial charge in [0.05, 0.1) is 17.7 Å². The van der Waals surface area contributed by atoms with Crippen LogP contribution in [-0.2, 0) is 4.79 Å². The average molecular weight is 290 g/mol.